The van der Waals surface area contributed by atoms with Crippen LogP contribution in [-0.2, 0) is 0 Å². The fourth-order valence-electron chi connectivity index (χ4n) is 0.0514. The van der Waals surface area contributed by atoms with Crippen LogP contribution in [-0.4, -0.2) is 13.1 Å². The quantitative estimate of drug-likeness (QED) is 0.496. The van der Waals surface area contributed by atoms with Crippen molar-refractivity contribution in [1.82, 2.24) is 0 Å². The second-order valence-corrected chi connectivity index (χ2v) is 3.57. The zero-order valence-corrected chi connectivity index (χ0v) is 6.91. The average Bonchev–Trinajstić information content (AvgIpc) is 1.65. The number of halogens is 1. The summed E-state index contributed by atoms with van der Waals surface area (Å²) in [7, 11) is 4.02. The molecule has 0 rings (SSSR count). The van der Waals surface area contributed by atoms with Gasteiger partial charge < -0.3 is 0 Å². The summed E-state index contributed by atoms with van der Waals surface area (Å²) in [6.07, 6.45) is 0. The Hall–Kier alpha value is 1.21. The van der Waals surface area contributed by atoms with Gasteiger partial charge in [-0.25, -0.2) is 0 Å². The minimum absolute atomic E-state index is 0.714. The van der Waals surface area contributed by atoms with Gasteiger partial charge in [-0.3, -0.25) is 0 Å². The van der Waals surface area contributed by atoms with Gasteiger partial charge in [0.2, 0.25) is 0 Å². The highest BCUT2D eigenvalue weighted by Crippen LogP contribution is 2.13. The maximum absolute atomic E-state index is 2.30. The van der Waals surface area contributed by atoms with E-state index in [1.807, 2.05) is 8.78 Å². The Morgan fingerprint density at radius 1 is 1.83 bits per heavy atom. The first kappa shape index (κ1) is 7.21. The lowest BCUT2D eigenvalue weighted by Crippen LogP contribution is -2.05. The first-order valence-electron chi connectivity index (χ1n) is 1.88. The van der Waals surface area contributed by atoms with E-state index in [-0.39, 0.29) is 0 Å². The average molecular weight is 211 g/mol. The van der Waals surface area contributed by atoms with Crippen molar-refractivity contribution in [3.8, 4) is 0 Å². The molecule has 0 spiro atoms. The SMILES string of the molecule is C[B]B(C)SI. The second kappa shape index (κ2) is 4.37. The van der Waals surface area contributed by atoms with Crippen molar-refractivity contribution in [1.29, 1.82) is 0 Å². The van der Waals surface area contributed by atoms with Crippen LogP contribution in [0.4, 0.5) is 0 Å². The molecule has 0 heterocycles. The van der Waals surface area contributed by atoms with Gasteiger partial charge in [-0.05, 0) is 21.2 Å². The van der Waals surface area contributed by atoms with Crippen LogP contribution in [0, 0.1) is 0 Å². The predicted molar refractivity (Wildman–Crippen MR) is 44.8 cm³/mol. The monoisotopic (exact) mass is 211 g/mol. The molecule has 6 heavy (non-hydrogen) atoms. The Morgan fingerprint density at radius 2 is 2.33 bits per heavy atom. The molecule has 4 heteroatoms. The third-order valence-electron chi connectivity index (χ3n) is 0.610. The van der Waals surface area contributed by atoms with E-state index in [1.165, 1.54) is 0 Å². The third-order valence-corrected chi connectivity index (χ3v) is 3.57. The molecular formula is C2H6B2IS. The van der Waals surface area contributed by atoms with Crippen LogP contribution < -0.4 is 0 Å². The minimum Gasteiger partial charge on any atom is -0.151 e. The van der Waals surface area contributed by atoms with Crippen molar-refractivity contribution in [2.45, 2.75) is 13.6 Å². The molecule has 0 aliphatic rings. The van der Waals surface area contributed by atoms with Gasteiger partial charge in [0, 0.05) is 0 Å². The molecule has 0 unspecified atom stereocenters. The normalized spacial score (nSPS) is 7.83. The van der Waals surface area contributed by atoms with Crippen molar-refractivity contribution in [2.75, 3.05) is 0 Å². The summed E-state index contributed by atoms with van der Waals surface area (Å²) in [4.78, 5) is 0. The van der Waals surface area contributed by atoms with E-state index in [4.69, 9.17) is 0 Å². The van der Waals surface area contributed by atoms with E-state index in [2.05, 4.69) is 42.0 Å². The molecule has 1 radical (unpaired) electrons. The van der Waals surface area contributed by atoms with E-state index in [9.17, 15) is 0 Å². The van der Waals surface area contributed by atoms with Crippen molar-refractivity contribution < 1.29 is 0 Å². The van der Waals surface area contributed by atoms with Gasteiger partial charge in [0.15, 0.2) is 5.88 Å². The highest BCUT2D eigenvalue weighted by atomic mass is 127. The second-order valence-electron chi connectivity index (χ2n) is 1.13. The molecule has 0 nitrogen and oxygen atoms in total. The first-order chi connectivity index (χ1) is 2.81. The zero-order valence-electron chi connectivity index (χ0n) is 3.94. The lowest BCUT2D eigenvalue weighted by atomic mass is 9.41. The van der Waals surface area contributed by atoms with Crippen molar-refractivity contribution in [3.05, 3.63) is 0 Å². The molecule has 0 aromatic heterocycles. The summed E-state index contributed by atoms with van der Waals surface area (Å²) in [5, 5.41) is 0. The molecule has 0 aliphatic carbocycles. The van der Waals surface area contributed by atoms with E-state index in [0.717, 1.165) is 0 Å². The molecule has 0 saturated heterocycles. The van der Waals surface area contributed by atoms with E-state index in [0.29, 0.717) is 5.88 Å². The fraction of sp³-hybridized carbons (Fsp3) is 1.00. The topological polar surface area (TPSA) is 0 Å². The molecule has 0 fully saturated rings. The Balaban J connectivity index is 2.75. The molecule has 0 aromatic rings. The van der Waals surface area contributed by atoms with E-state index < -0.39 is 0 Å². The van der Waals surface area contributed by atoms with Gasteiger partial charge in [-0.1, -0.05) is 13.6 Å². The van der Waals surface area contributed by atoms with Gasteiger partial charge in [-0.2, -0.15) is 8.78 Å². The largest absolute Gasteiger partial charge is 0.179 e. The zero-order chi connectivity index (χ0) is 4.99. The molecule has 0 saturated carbocycles. The maximum Gasteiger partial charge on any atom is 0.179 e. The van der Waals surface area contributed by atoms with Gasteiger partial charge in [0.05, 0.1) is 7.17 Å². The highest BCUT2D eigenvalue weighted by molar-refractivity contribution is 14.2. The first-order valence-corrected chi connectivity index (χ1v) is 5.30. The smallest absolute Gasteiger partial charge is 0.151 e. The summed E-state index contributed by atoms with van der Waals surface area (Å²) >= 11 is 2.30. The van der Waals surface area contributed by atoms with E-state index >= 15 is 0 Å². The maximum atomic E-state index is 2.30. The Labute approximate surface area is 56.6 Å². The van der Waals surface area contributed by atoms with Crippen LogP contribution >= 0.6 is 30.0 Å². The molecule has 0 atom stereocenters. The number of rotatable bonds is 2. The van der Waals surface area contributed by atoms with Crippen molar-refractivity contribution in [2.24, 2.45) is 0 Å². The van der Waals surface area contributed by atoms with Gasteiger partial charge in [0.25, 0.3) is 0 Å². The molecule has 0 aromatic carbocycles. The van der Waals surface area contributed by atoms with E-state index in [1.54, 1.807) is 0 Å². The summed E-state index contributed by atoms with van der Waals surface area (Å²) < 4.78 is 0. The third kappa shape index (κ3) is 3.40. The molecule has 0 aliphatic heterocycles. The summed E-state index contributed by atoms with van der Waals surface area (Å²) in [5.74, 6) is 0.714. The predicted octanol–water partition coefficient (Wildman–Crippen LogP) is 1.94. The van der Waals surface area contributed by atoms with Crippen LogP contribution in [0.15, 0.2) is 0 Å². The Kier molecular flexibility index (Phi) is 5.25. The Bertz CT molecular complexity index is 30.7. The number of hydrogen-bond acceptors (Lipinski definition) is 1. The molecule has 0 amide bonds. The van der Waals surface area contributed by atoms with Crippen LogP contribution in [0.25, 0.3) is 0 Å². The van der Waals surface area contributed by atoms with Crippen LogP contribution in [0.2, 0.25) is 13.6 Å². The standard InChI is InChI=1S/C2H6B2IS/c1-3-4(2)6-5/h1-2H3. The van der Waals surface area contributed by atoms with Crippen molar-refractivity contribution >= 4 is 43.0 Å². The minimum atomic E-state index is 0.714. The highest BCUT2D eigenvalue weighted by Gasteiger charge is 1.98. The Morgan fingerprint density at radius 3 is 2.33 bits per heavy atom. The van der Waals surface area contributed by atoms with Crippen LogP contribution in [0.3, 0.4) is 0 Å². The van der Waals surface area contributed by atoms with Gasteiger partial charge >= 0.3 is 0 Å². The lowest BCUT2D eigenvalue weighted by Gasteiger charge is -1.90. The summed E-state index contributed by atoms with van der Waals surface area (Å²) in [6.45, 7) is 4.26. The molecular weight excluding hydrogens is 205 g/mol. The van der Waals surface area contributed by atoms with Crippen LogP contribution in [0.1, 0.15) is 0 Å². The molecule has 0 N–H and O–H groups in total. The number of hydrogen-bond donors (Lipinski definition) is 0. The summed E-state index contributed by atoms with van der Waals surface area (Å²) in [5.41, 5.74) is 0. The van der Waals surface area contributed by atoms with Crippen LogP contribution in [0.5, 0.6) is 0 Å². The molecule has 33 valence electrons. The van der Waals surface area contributed by atoms with Gasteiger partial charge in [-0.15, -0.1) is 0 Å². The van der Waals surface area contributed by atoms with Gasteiger partial charge in [0.1, 0.15) is 0 Å². The van der Waals surface area contributed by atoms with Crippen molar-refractivity contribution in [3.63, 3.8) is 0 Å². The summed E-state index contributed by atoms with van der Waals surface area (Å²) in [6, 6.07) is 0. The molecule has 0 bridgehead atoms. The fourth-order valence-corrected chi connectivity index (χ4v) is 1.04. The lowest BCUT2D eigenvalue weighted by molar-refractivity contribution is 2.27.